The van der Waals surface area contributed by atoms with Crippen LogP contribution in [0.4, 0.5) is 5.69 Å². The predicted octanol–water partition coefficient (Wildman–Crippen LogP) is 2.74. The molecule has 0 radical (unpaired) electrons. The number of aromatic hydroxyl groups is 1. The van der Waals surface area contributed by atoms with Gasteiger partial charge in [0.1, 0.15) is 10.6 Å². The smallest absolute Gasteiger partial charge is 0.265 e. The van der Waals surface area contributed by atoms with Gasteiger partial charge in [-0.25, -0.2) is 8.42 Å². The highest BCUT2D eigenvalue weighted by Gasteiger charge is 2.24. The first-order valence-electron chi connectivity index (χ1n) is 5.84. The van der Waals surface area contributed by atoms with E-state index in [4.69, 9.17) is 16.9 Å². The van der Waals surface area contributed by atoms with Gasteiger partial charge >= 0.3 is 0 Å². The highest BCUT2D eigenvalue weighted by molar-refractivity contribution is 7.93. The van der Waals surface area contributed by atoms with Crippen LogP contribution in [0.5, 0.6) is 5.75 Å². The van der Waals surface area contributed by atoms with E-state index >= 15 is 0 Å². The molecule has 0 unspecified atom stereocenters. The van der Waals surface area contributed by atoms with E-state index < -0.39 is 10.0 Å². The average molecular weight is 323 g/mol. The molecule has 0 aliphatic carbocycles. The van der Waals surface area contributed by atoms with Gasteiger partial charge in [-0.15, -0.1) is 0 Å². The van der Waals surface area contributed by atoms with E-state index in [2.05, 4.69) is 0 Å². The molecule has 0 saturated carbocycles. The fourth-order valence-corrected chi connectivity index (χ4v) is 3.46. The summed E-state index contributed by atoms with van der Waals surface area (Å²) in [6, 6.07) is 11.7. The molecule has 21 heavy (non-hydrogen) atoms. The topological polar surface area (TPSA) is 81.4 Å². The number of hydrogen-bond acceptors (Lipinski definition) is 4. The number of sulfonamides is 1. The van der Waals surface area contributed by atoms with Crippen LogP contribution in [0.25, 0.3) is 0 Å². The normalized spacial score (nSPS) is 10.9. The monoisotopic (exact) mass is 322 g/mol. The van der Waals surface area contributed by atoms with E-state index in [1.165, 1.54) is 43.4 Å². The second-order valence-electron chi connectivity index (χ2n) is 4.25. The quantitative estimate of drug-likeness (QED) is 0.942. The number of halogens is 1. The molecule has 2 rings (SSSR count). The predicted molar refractivity (Wildman–Crippen MR) is 79.9 cm³/mol. The summed E-state index contributed by atoms with van der Waals surface area (Å²) in [5.41, 5.74) is 0.578. The van der Waals surface area contributed by atoms with Crippen molar-refractivity contribution in [2.75, 3.05) is 11.4 Å². The Morgan fingerprint density at radius 1 is 1.24 bits per heavy atom. The van der Waals surface area contributed by atoms with Crippen molar-refractivity contribution in [3.05, 3.63) is 53.1 Å². The Kier molecular flexibility index (Phi) is 4.07. The lowest BCUT2D eigenvalue weighted by Gasteiger charge is -2.20. The molecule has 0 bridgehead atoms. The number of phenolic OH excluding ortho intramolecular Hbond substituents is 1. The van der Waals surface area contributed by atoms with Crippen molar-refractivity contribution in [1.82, 2.24) is 0 Å². The Balaban J connectivity index is 2.50. The van der Waals surface area contributed by atoms with E-state index in [9.17, 15) is 13.5 Å². The summed E-state index contributed by atoms with van der Waals surface area (Å²) < 4.78 is 26.1. The van der Waals surface area contributed by atoms with Crippen molar-refractivity contribution in [2.45, 2.75) is 4.90 Å². The number of phenols is 1. The molecule has 0 fully saturated rings. The van der Waals surface area contributed by atoms with Crippen LogP contribution < -0.4 is 4.31 Å². The highest BCUT2D eigenvalue weighted by Crippen LogP contribution is 2.29. The summed E-state index contributed by atoms with van der Waals surface area (Å²) >= 11 is 5.95. The lowest BCUT2D eigenvalue weighted by Crippen LogP contribution is -2.26. The summed E-state index contributed by atoms with van der Waals surface area (Å²) in [5.74, 6) is -0.0412. The molecule has 0 aliphatic rings. The third kappa shape index (κ3) is 2.94. The zero-order valence-corrected chi connectivity index (χ0v) is 12.6. The molecule has 5 nitrogen and oxygen atoms in total. The first-order chi connectivity index (χ1) is 9.86. The fourth-order valence-electron chi connectivity index (χ4n) is 1.75. The summed E-state index contributed by atoms with van der Waals surface area (Å²) in [4.78, 5) is -0.103. The van der Waals surface area contributed by atoms with E-state index in [1.807, 2.05) is 6.07 Å². The zero-order chi connectivity index (χ0) is 15.6. The molecule has 0 atom stereocenters. The van der Waals surface area contributed by atoms with E-state index in [1.54, 1.807) is 6.07 Å². The number of nitriles is 1. The number of hydrogen-bond donors (Lipinski definition) is 1. The van der Waals surface area contributed by atoms with Crippen LogP contribution in [0, 0.1) is 11.3 Å². The summed E-state index contributed by atoms with van der Waals surface area (Å²) in [6.45, 7) is 0. The van der Waals surface area contributed by atoms with Crippen molar-refractivity contribution in [3.8, 4) is 11.8 Å². The van der Waals surface area contributed by atoms with Gasteiger partial charge in [-0.05, 0) is 30.3 Å². The molecule has 0 aromatic heterocycles. The van der Waals surface area contributed by atoms with Gasteiger partial charge in [0.2, 0.25) is 0 Å². The minimum atomic E-state index is -3.88. The largest absolute Gasteiger partial charge is 0.508 e. The van der Waals surface area contributed by atoms with Gasteiger partial charge in [-0.3, -0.25) is 4.31 Å². The lowest BCUT2D eigenvalue weighted by atomic mass is 10.2. The van der Waals surface area contributed by atoms with Crippen molar-refractivity contribution in [1.29, 1.82) is 5.26 Å². The number of anilines is 1. The molecule has 0 amide bonds. The SMILES string of the molecule is CN(c1cccc(O)c1)S(=O)(=O)c1ccc(C#N)cc1Cl. The second kappa shape index (κ2) is 5.64. The molecule has 0 aliphatic heterocycles. The summed E-state index contributed by atoms with van der Waals surface area (Å²) in [5, 5.41) is 18.2. The van der Waals surface area contributed by atoms with Gasteiger partial charge in [-0.1, -0.05) is 17.7 Å². The maximum atomic E-state index is 12.5. The van der Waals surface area contributed by atoms with Crippen LogP contribution in [0.2, 0.25) is 5.02 Å². The highest BCUT2D eigenvalue weighted by atomic mass is 35.5. The Hall–Kier alpha value is -2.23. The molecule has 2 aromatic carbocycles. The van der Waals surface area contributed by atoms with Crippen molar-refractivity contribution in [3.63, 3.8) is 0 Å². The van der Waals surface area contributed by atoms with Crippen molar-refractivity contribution in [2.24, 2.45) is 0 Å². The minimum Gasteiger partial charge on any atom is -0.508 e. The minimum absolute atomic E-state index is 0.0268. The number of rotatable bonds is 3. The lowest BCUT2D eigenvalue weighted by molar-refractivity contribution is 0.475. The molecule has 7 heteroatoms. The maximum Gasteiger partial charge on any atom is 0.265 e. The molecule has 0 heterocycles. The van der Waals surface area contributed by atoms with Crippen LogP contribution in [0.3, 0.4) is 0 Å². The number of nitrogens with zero attached hydrogens (tertiary/aromatic N) is 2. The van der Waals surface area contributed by atoms with Gasteiger partial charge in [0.05, 0.1) is 22.3 Å². The van der Waals surface area contributed by atoms with Crippen LogP contribution >= 0.6 is 11.6 Å². The Bertz CT molecular complexity index is 828. The average Bonchev–Trinajstić information content (AvgIpc) is 2.45. The third-order valence-corrected chi connectivity index (χ3v) is 5.16. The molecule has 0 spiro atoms. The second-order valence-corrected chi connectivity index (χ2v) is 6.59. The van der Waals surface area contributed by atoms with Gasteiger partial charge < -0.3 is 5.11 Å². The molecule has 2 aromatic rings. The third-order valence-electron chi connectivity index (χ3n) is 2.89. The van der Waals surface area contributed by atoms with Crippen LogP contribution in [-0.4, -0.2) is 20.6 Å². The van der Waals surface area contributed by atoms with Gasteiger partial charge in [-0.2, -0.15) is 5.26 Å². The van der Waals surface area contributed by atoms with Crippen LogP contribution in [-0.2, 0) is 10.0 Å². The van der Waals surface area contributed by atoms with Crippen LogP contribution in [0.1, 0.15) is 5.56 Å². The standard InChI is InChI=1S/C14H11ClN2O3S/c1-17(11-3-2-4-12(18)8-11)21(19,20)14-6-5-10(9-16)7-13(14)15/h2-8,18H,1H3. The first-order valence-corrected chi connectivity index (χ1v) is 7.65. The van der Waals surface area contributed by atoms with Gasteiger partial charge in [0.15, 0.2) is 0 Å². The van der Waals surface area contributed by atoms with Crippen molar-refractivity contribution < 1.29 is 13.5 Å². The van der Waals surface area contributed by atoms with Gasteiger partial charge in [0, 0.05) is 13.1 Å². The van der Waals surface area contributed by atoms with Crippen molar-refractivity contribution >= 4 is 27.3 Å². The maximum absolute atomic E-state index is 12.5. The zero-order valence-electron chi connectivity index (χ0n) is 11.0. The number of benzene rings is 2. The van der Waals surface area contributed by atoms with Crippen LogP contribution in [0.15, 0.2) is 47.4 Å². The Morgan fingerprint density at radius 2 is 1.95 bits per heavy atom. The molecule has 0 saturated heterocycles. The molecular weight excluding hydrogens is 312 g/mol. The Labute approximate surface area is 127 Å². The Morgan fingerprint density at radius 3 is 2.52 bits per heavy atom. The molecule has 108 valence electrons. The summed E-state index contributed by atoms with van der Waals surface area (Å²) in [7, 11) is -2.52. The molecule has 1 N–H and O–H groups in total. The summed E-state index contributed by atoms with van der Waals surface area (Å²) in [6.07, 6.45) is 0. The fraction of sp³-hybridized carbons (Fsp3) is 0.0714. The first kappa shape index (κ1) is 15.2. The van der Waals surface area contributed by atoms with E-state index in [-0.39, 0.29) is 21.2 Å². The van der Waals surface area contributed by atoms with E-state index in [0.717, 1.165) is 4.31 Å². The van der Waals surface area contributed by atoms with E-state index in [0.29, 0.717) is 5.69 Å². The molecular formula is C14H11ClN2O3S. The van der Waals surface area contributed by atoms with Gasteiger partial charge in [0.25, 0.3) is 10.0 Å².